The lowest BCUT2D eigenvalue weighted by Crippen LogP contribution is -2.38. The first-order valence-electron chi connectivity index (χ1n) is 4.69. The summed E-state index contributed by atoms with van der Waals surface area (Å²) >= 11 is 1.81. The zero-order chi connectivity index (χ0) is 9.68. The first-order chi connectivity index (χ1) is 6.29. The molecule has 3 nitrogen and oxygen atoms in total. The summed E-state index contributed by atoms with van der Waals surface area (Å²) in [5.74, 6) is 2.06. The molecule has 1 aliphatic rings. The van der Waals surface area contributed by atoms with Crippen molar-refractivity contribution in [1.29, 1.82) is 0 Å². The van der Waals surface area contributed by atoms with E-state index in [1.54, 1.807) is 18.9 Å². The van der Waals surface area contributed by atoms with Crippen LogP contribution in [0.4, 0.5) is 0 Å². The second-order valence-electron chi connectivity index (χ2n) is 3.15. The Labute approximate surface area is 83.8 Å². The highest BCUT2D eigenvalue weighted by molar-refractivity contribution is 7.99. The third-order valence-corrected chi connectivity index (χ3v) is 3.14. The summed E-state index contributed by atoms with van der Waals surface area (Å²) in [6.07, 6.45) is 1.60. The van der Waals surface area contributed by atoms with Crippen LogP contribution >= 0.6 is 11.8 Å². The molecule has 0 N–H and O–H groups in total. The van der Waals surface area contributed by atoms with E-state index < -0.39 is 0 Å². The summed E-state index contributed by atoms with van der Waals surface area (Å²) in [7, 11) is 1.61. The summed E-state index contributed by atoms with van der Waals surface area (Å²) in [4.78, 5) is 13.6. The molecule has 4 heteroatoms. The van der Waals surface area contributed by atoms with Crippen molar-refractivity contribution in [3.63, 3.8) is 0 Å². The lowest BCUT2D eigenvalue weighted by molar-refractivity contribution is -0.140. The molecule has 0 aromatic heterocycles. The molecule has 0 radical (unpaired) electrons. The highest BCUT2D eigenvalue weighted by atomic mass is 32.2. The molecule has 0 saturated carbocycles. The number of carbonyl (C=O) groups excluding carboxylic acids is 1. The smallest absolute Gasteiger partial charge is 0.252 e. The van der Waals surface area contributed by atoms with Crippen molar-refractivity contribution < 1.29 is 9.53 Å². The minimum atomic E-state index is -0.219. The highest BCUT2D eigenvalue weighted by Gasteiger charge is 2.25. The third kappa shape index (κ3) is 2.88. The van der Waals surface area contributed by atoms with Crippen molar-refractivity contribution in [3.05, 3.63) is 0 Å². The molecule has 0 aromatic rings. The summed E-state index contributed by atoms with van der Waals surface area (Å²) in [6, 6.07) is 0. The number of ether oxygens (including phenoxy) is 1. The molecule has 1 rings (SSSR count). The molecular weight excluding hydrogens is 186 g/mol. The maximum absolute atomic E-state index is 11.8. The monoisotopic (exact) mass is 203 g/mol. The van der Waals surface area contributed by atoms with E-state index in [2.05, 4.69) is 6.92 Å². The topological polar surface area (TPSA) is 29.5 Å². The molecule has 1 heterocycles. The van der Waals surface area contributed by atoms with E-state index in [1.807, 2.05) is 4.90 Å². The molecule has 1 saturated heterocycles. The number of methoxy groups -OCH3 is 1. The maximum atomic E-state index is 11.8. The van der Waals surface area contributed by atoms with E-state index in [9.17, 15) is 4.79 Å². The standard InChI is InChI=1S/C9H17NO2S/c1-3-4-8(12-2)9(11)10-5-6-13-7-10/h8H,3-7H2,1-2H3. The number of nitrogens with zero attached hydrogens (tertiary/aromatic N) is 1. The quantitative estimate of drug-likeness (QED) is 0.690. The second-order valence-corrected chi connectivity index (χ2v) is 4.23. The molecular formula is C9H17NO2S. The largest absolute Gasteiger partial charge is 0.372 e. The van der Waals surface area contributed by atoms with Crippen molar-refractivity contribution in [2.45, 2.75) is 25.9 Å². The molecule has 0 aromatic carbocycles. The molecule has 13 heavy (non-hydrogen) atoms. The Morgan fingerprint density at radius 1 is 1.69 bits per heavy atom. The number of thioether (sulfide) groups is 1. The van der Waals surface area contributed by atoms with Gasteiger partial charge >= 0.3 is 0 Å². The van der Waals surface area contributed by atoms with Gasteiger partial charge in [-0.15, -0.1) is 11.8 Å². The van der Waals surface area contributed by atoms with Crippen LogP contribution in [0.5, 0.6) is 0 Å². The number of hydrogen-bond acceptors (Lipinski definition) is 3. The predicted molar refractivity (Wildman–Crippen MR) is 54.7 cm³/mol. The van der Waals surface area contributed by atoms with E-state index in [0.29, 0.717) is 0 Å². The van der Waals surface area contributed by atoms with Gasteiger partial charge in [-0.05, 0) is 6.42 Å². The van der Waals surface area contributed by atoms with Gasteiger partial charge in [-0.3, -0.25) is 4.79 Å². The number of hydrogen-bond donors (Lipinski definition) is 0. The summed E-state index contributed by atoms with van der Waals surface area (Å²) in [5.41, 5.74) is 0. The Hall–Kier alpha value is -0.220. The van der Waals surface area contributed by atoms with E-state index in [1.165, 1.54) is 0 Å². The van der Waals surface area contributed by atoms with Crippen LogP contribution in [0, 0.1) is 0 Å². The van der Waals surface area contributed by atoms with Crippen LogP contribution in [0.3, 0.4) is 0 Å². The van der Waals surface area contributed by atoms with Gasteiger partial charge in [-0.2, -0.15) is 0 Å². The number of carbonyl (C=O) groups is 1. The fourth-order valence-corrected chi connectivity index (χ4v) is 2.35. The number of amides is 1. The lowest BCUT2D eigenvalue weighted by Gasteiger charge is -2.20. The van der Waals surface area contributed by atoms with E-state index >= 15 is 0 Å². The summed E-state index contributed by atoms with van der Waals surface area (Å²) in [6.45, 7) is 2.95. The van der Waals surface area contributed by atoms with Crippen molar-refractivity contribution in [2.24, 2.45) is 0 Å². The predicted octanol–water partition coefficient (Wildman–Crippen LogP) is 1.33. The maximum Gasteiger partial charge on any atom is 0.252 e. The average Bonchev–Trinajstić information content (AvgIpc) is 2.65. The fraction of sp³-hybridized carbons (Fsp3) is 0.889. The minimum absolute atomic E-state index is 0.161. The molecule has 1 atom stereocenters. The first-order valence-corrected chi connectivity index (χ1v) is 5.84. The van der Waals surface area contributed by atoms with Gasteiger partial charge in [0.25, 0.3) is 5.91 Å². The van der Waals surface area contributed by atoms with Gasteiger partial charge in [0.15, 0.2) is 0 Å². The normalized spacial score (nSPS) is 19.1. The molecule has 0 bridgehead atoms. The van der Waals surface area contributed by atoms with Crippen molar-refractivity contribution in [3.8, 4) is 0 Å². The first kappa shape index (κ1) is 10.9. The third-order valence-electron chi connectivity index (χ3n) is 2.18. The Morgan fingerprint density at radius 3 is 2.92 bits per heavy atom. The molecule has 1 fully saturated rings. The van der Waals surface area contributed by atoms with Crippen molar-refractivity contribution in [1.82, 2.24) is 4.90 Å². The molecule has 0 aliphatic carbocycles. The van der Waals surface area contributed by atoms with Gasteiger partial charge in [0.2, 0.25) is 0 Å². The van der Waals surface area contributed by atoms with E-state index in [-0.39, 0.29) is 12.0 Å². The van der Waals surface area contributed by atoms with Gasteiger partial charge < -0.3 is 9.64 Å². The Bertz CT molecular complexity index is 169. The molecule has 76 valence electrons. The van der Waals surface area contributed by atoms with Crippen molar-refractivity contribution >= 4 is 17.7 Å². The van der Waals surface area contributed by atoms with Crippen molar-refractivity contribution in [2.75, 3.05) is 25.3 Å². The van der Waals surface area contributed by atoms with Crippen LogP contribution in [0.1, 0.15) is 19.8 Å². The van der Waals surface area contributed by atoms with Gasteiger partial charge in [-0.1, -0.05) is 13.3 Å². The molecule has 1 amide bonds. The van der Waals surface area contributed by atoms with Crippen LogP contribution in [0.2, 0.25) is 0 Å². The van der Waals surface area contributed by atoms with Crippen LogP contribution in [0.15, 0.2) is 0 Å². The second kappa shape index (κ2) is 5.50. The Balaban J connectivity index is 2.42. The molecule has 1 aliphatic heterocycles. The Morgan fingerprint density at radius 2 is 2.46 bits per heavy atom. The van der Waals surface area contributed by atoms with Crippen LogP contribution in [0.25, 0.3) is 0 Å². The van der Waals surface area contributed by atoms with Gasteiger partial charge in [-0.25, -0.2) is 0 Å². The Kier molecular flexibility index (Phi) is 4.59. The summed E-state index contributed by atoms with van der Waals surface area (Å²) in [5, 5.41) is 0. The van der Waals surface area contributed by atoms with Gasteiger partial charge in [0, 0.05) is 19.4 Å². The fourth-order valence-electron chi connectivity index (χ4n) is 1.40. The minimum Gasteiger partial charge on any atom is -0.372 e. The molecule has 0 spiro atoms. The highest BCUT2D eigenvalue weighted by Crippen LogP contribution is 2.16. The zero-order valence-corrected chi connectivity index (χ0v) is 9.10. The average molecular weight is 203 g/mol. The summed E-state index contributed by atoms with van der Waals surface area (Å²) < 4.78 is 5.16. The van der Waals surface area contributed by atoms with Crippen LogP contribution in [-0.2, 0) is 9.53 Å². The SMILES string of the molecule is CCCC(OC)C(=O)N1CCSC1. The van der Waals surface area contributed by atoms with Crippen LogP contribution in [-0.4, -0.2) is 42.2 Å². The lowest BCUT2D eigenvalue weighted by atomic mass is 10.2. The van der Waals surface area contributed by atoms with Gasteiger partial charge in [0.05, 0.1) is 5.88 Å². The van der Waals surface area contributed by atoms with E-state index in [4.69, 9.17) is 4.74 Å². The molecule has 1 unspecified atom stereocenters. The van der Waals surface area contributed by atoms with Gasteiger partial charge in [0.1, 0.15) is 6.10 Å². The van der Waals surface area contributed by atoms with E-state index in [0.717, 1.165) is 31.0 Å². The zero-order valence-electron chi connectivity index (χ0n) is 8.28. The number of rotatable bonds is 4. The van der Waals surface area contributed by atoms with Crippen LogP contribution < -0.4 is 0 Å².